The zero-order valence-corrected chi connectivity index (χ0v) is 20.4. The smallest absolute Gasteiger partial charge is 0.273 e. The van der Waals surface area contributed by atoms with Crippen LogP contribution < -0.4 is 14.9 Å². The molecule has 0 saturated heterocycles. The highest BCUT2D eigenvalue weighted by molar-refractivity contribution is 5.85. The molecule has 0 fully saturated rings. The summed E-state index contributed by atoms with van der Waals surface area (Å²) in [6.45, 7) is 8.60. The number of hydrogen-bond donors (Lipinski definition) is 1. The highest BCUT2D eigenvalue weighted by Crippen LogP contribution is 2.34. The minimum atomic E-state index is -0.509. The van der Waals surface area contributed by atoms with Crippen LogP contribution in [0.4, 0.5) is 5.69 Å². The van der Waals surface area contributed by atoms with Gasteiger partial charge in [-0.2, -0.15) is 5.10 Å². The number of nitrogens with zero attached hydrogens (tertiary/aromatic N) is 2. The van der Waals surface area contributed by atoms with Gasteiger partial charge >= 0.3 is 0 Å². The van der Waals surface area contributed by atoms with Gasteiger partial charge in [-0.1, -0.05) is 54.1 Å². The average Bonchev–Trinajstić information content (AvgIpc) is 2.85. The molecule has 0 atom stereocenters. The Morgan fingerprint density at radius 1 is 1.11 bits per heavy atom. The molecule has 1 N–H and O–H groups in total. The van der Waals surface area contributed by atoms with E-state index in [9.17, 15) is 14.9 Å². The lowest BCUT2D eigenvalue weighted by molar-refractivity contribution is -0.385. The van der Waals surface area contributed by atoms with Gasteiger partial charge in [-0.05, 0) is 43.5 Å². The van der Waals surface area contributed by atoms with Crippen LogP contribution in [0.25, 0.3) is 0 Å². The molecule has 186 valence electrons. The van der Waals surface area contributed by atoms with Gasteiger partial charge in [-0.15, -0.1) is 6.58 Å². The van der Waals surface area contributed by atoms with Crippen LogP contribution >= 0.6 is 0 Å². The molecule has 0 spiro atoms. The monoisotopic (exact) mass is 487 g/mol. The highest BCUT2D eigenvalue weighted by Gasteiger charge is 2.16. The van der Waals surface area contributed by atoms with Gasteiger partial charge in [0.1, 0.15) is 6.61 Å². The van der Waals surface area contributed by atoms with Gasteiger partial charge in [0, 0.05) is 17.2 Å². The van der Waals surface area contributed by atoms with E-state index in [0.717, 1.165) is 11.1 Å². The minimum absolute atomic E-state index is 0.103. The first-order chi connectivity index (χ1) is 17.4. The average molecular weight is 488 g/mol. The Hall–Kier alpha value is -4.46. The maximum atomic E-state index is 12.3. The fourth-order valence-corrected chi connectivity index (χ4v) is 3.56. The van der Waals surface area contributed by atoms with Gasteiger partial charge < -0.3 is 9.47 Å². The molecular weight excluding hydrogens is 458 g/mol. The van der Waals surface area contributed by atoms with Crippen LogP contribution in [0.5, 0.6) is 11.5 Å². The molecule has 0 aromatic heterocycles. The third kappa shape index (κ3) is 7.27. The van der Waals surface area contributed by atoms with Crippen molar-refractivity contribution in [2.45, 2.75) is 33.3 Å². The maximum absolute atomic E-state index is 12.3. The molecule has 8 heteroatoms. The molecule has 0 aliphatic heterocycles. The molecule has 0 aliphatic carbocycles. The van der Waals surface area contributed by atoms with Gasteiger partial charge in [-0.25, -0.2) is 5.43 Å². The second-order valence-corrected chi connectivity index (χ2v) is 8.06. The molecule has 3 aromatic rings. The molecule has 36 heavy (non-hydrogen) atoms. The Morgan fingerprint density at radius 3 is 2.56 bits per heavy atom. The highest BCUT2D eigenvalue weighted by atomic mass is 16.6. The summed E-state index contributed by atoms with van der Waals surface area (Å²) < 4.78 is 12.0. The number of carbonyl (C=O) groups is 1. The van der Waals surface area contributed by atoms with Gasteiger partial charge in [0.15, 0.2) is 11.5 Å². The van der Waals surface area contributed by atoms with Gasteiger partial charge in [-0.3, -0.25) is 14.9 Å². The predicted molar refractivity (Wildman–Crippen MR) is 140 cm³/mol. The van der Waals surface area contributed by atoms with Gasteiger partial charge in [0.25, 0.3) is 5.69 Å². The summed E-state index contributed by atoms with van der Waals surface area (Å²) in [5.41, 5.74) is 6.43. The number of carbonyl (C=O) groups excluding carboxylic acids is 1. The van der Waals surface area contributed by atoms with Crippen molar-refractivity contribution in [3.63, 3.8) is 0 Å². The fraction of sp³-hybridized carbons (Fsp3) is 0.214. The SMILES string of the molecule is C=CCc1cc(/C=N/NC(=O)Cc2ccccc2[N+](=O)[O-])cc(OCC)c1OCc1ccc(C)cc1. The quantitative estimate of drug-likeness (QED) is 0.162. The lowest BCUT2D eigenvalue weighted by Gasteiger charge is -2.17. The van der Waals surface area contributed by atoms with E-state index in [-0.39, 0.29) is 12.1 Å². The van der Waals surface area contributed by atoms with Crippen molar-refractivity contribution in [3.8, 4) is 11.5 Å². The third-order valence-electron chi connectivity index (χ3n) is 5.26. The Morgan fingerprint density at radius 2 is 1.86 bits per heavy atom. The van der Waals surface area contributed by atoms with Crippen LogP contribution in [0.15, 0.2) is 78.4 Å². The van der Waals surface area contributed by atoms with Crippen molar-refractivity contribution in [2.24, 2.45) is 5.10 Å². The second-order valence-electron chi connectivity index (χ2n) is 8.06. The van der Waals surface area contributed by atoms with Crippen LogP contribution in [0.2, 0.25) is 0 Å². The van der Waals surface area contributed by atoms with E-state index in [1.165, 1.54) is 17.8 Å². The summed E-state index contributed by atoms with van der Waals surface area (Å²) in [5.74, 6) is 0.737. The van der Waals surface area contributed by atoms with Crippen LogP contribution in [0.3, 0.4) is 0 Å². The molecule has 0 aliphatic rings. The number of hydrazone groups is 1. The zero-order valence-electron chi connectivity index (χ0n) is 20.4. The van der Waals surface area contributed by atoms with Crippen molar-refractivity contribution < 1.29 is 19.2 Å². The maximum Gasteiger partial charge on any atom is 0.273 e. The molecule has 0 heterocycles. The van der Waals surface area contributed by atoms with E-state index in [0.29, 0.717) is 42.3 Å². The molecule has 0 saturated carbocycles. The van der Waals surface area contributed by atoms with E-state index in [1.54, 1.807) is 30.3 Å². The number of benzene rings is 3. The number of nitro groups is 1. The van der Waals surface area contributed by atoms with E-state index < -0.39 is 10.8 Å². The molecular formula is C28H29N3O5. The summed E-state index contributed by atoms with van der Waals surface area (Å²) >= 11 is 0. The number of hydrogen-bond acceptors (Lipinski definition) is 6. The first-order valence-corrected chi connectivity index (χ1v) is 11.5. The van der Waals surface area contributed by atoms with Crippen LogP contribution in [-0.2, 0) is 24.2 Å². The standard InChI is InChI=1S/C28H29N3O5/c1-4-8-24-15-22(18-29-30-27(32)17-23-9-6-7-10-25(23)31(33)34)16-26(35-5-2)28(24)36-19-21-13-11-20(3)12-14-21/h4,6-7,9-16,18H,1,5,8,17,19H2,2-3H3,(H,30,32)/b29-18+. The lowest BCUT2D eigenvalue weighted by atomic mass is 10.1. The Labute approximate surface area is 210 Å². The normalized spacial score (nSPS) is 10.7. The van der Waals surface area contributed by atoms with E-state index in [4.69, 9.17) is 9.47 Å². The summed E-state index contributed by atoms with van der Waals surface area (Å²) in [6, 6.07) is 17.9. The van der Waals surface area contributed by atoms with Crippen molar-refractivity contribution in [2.75, 3.05) is 6.61 Å². The number of allylic oxidation sites excluding steroid dienone is 1. The molecule has 0 unspecified atom stereocenters. The lowest BCUT2D eigenvalue weighted by Crippen LogP contribution is -2.20. The zero-order chi connectivity index (χ0) is 25.9. The van der Waals surface area contributed by atoms with Crippen LogP contribution in [0, 0.1) is 17.0 Å². The van der Waals surface area contributed by atoms with Gasteiger partial charge in [0.2, 0.25) is 5.91 Å². The van der Waals surface area contributed by atoms with E-state index in [2.05, 4.69) is 17.1 Å². The Bertz CT molecular complexity index is 1250. The number of aryl methyl sites for hydroxylation is 1. The summed E-state index contributed by atoms with van der Waals surface area (Å²) in [4.78, 5) is 23.0. The summed E-state index contributed by atoms with van der Waals surface area (Å²) in [5, 5.41) is 15.2. The number of rotatable bonds is 12. The Balaban J connectivity index is 1.75. The van der Waals surface area contributed by atoms with Crippen molar-refractivity contribution in [1.29, 1.82) is 0 Å². The van der Waals surface area contributed by atoms with E-state index >= 15 is 0 Å². The van der Waals surface area contributed by atoms with Crippen LogP contribution in [0.1, 0.15) is 34.7 Å². The van der Waals surface area contributed by atoms with E-state index in [1.807, 2.05) is 44.2 Å². The molecule has 3 aromatic carbocycles. The summed E-state index contributed by atoms with van der Waals surface area (Å²) in [7, 11) is 0. The summed E-state index contributed by atoms with van der Waals surface area (Å²) in [6.07, 6.45) is 3.66. The third-order valence-corrected chi connectivity index (χ3v) is 5.26. The number of nitro benzene ring substituents is 1. The first kappa shape index (κ1) is 26.2. The van der Waals surface area contributed by atoms with Crippen molar-refractivity contribution >= 4 is 17.8 Å². The Kier molecular flexibility index (Phi) is 9.33. The molecule has 0 bridgehead atoms. The fourth-order valence-electron chi connectivity index (χ4n) is 3.56. The number of amides is 1. The number of para-hydroxylation sites is 1. The van der Waals surface area contributed by atoms with Crippen molar-refractivity contribution in [1.82, 2.24) is 5.43 Å². The molecule has 3 rings (SSSR count). The largest absolute Gasteiger partial charge is 0.490 e. The topological polar surface area (TPSA) is 103 Å². The van der Waals surface area contributed by atoms with Gasteiger partial charge in [0.05, 0.1) is 24.2 Å². The van der Waals surface area contributed by atoms with Crippen LogP contribution in [-0.4, -0.2) is 23.7 Å². The second kappa shape index (κ2) is 12.9. The number of nitrogens with one attached hydrogen (secondary N) is 1. The predicted octanol–water partition coefficient (Wildman–Crippen LogP) is 5.30. The van der Waals surface area contributed by atoms with Crippen molar-refractivity contribution in [3.05, 3.63) is 111 Å². The molecule has 8 nitrogen and oxygen atoms in total. The molecule has 1 amide bonds. The minimum Gasteiger partial charge on any atom is -0.490 e. The number of ether oxygens (including phenoxy) is 2. The molecule has 0 radical (unpaired) electrons. The first-order valence-electron chi connectivity index (χ1n) is 11.5.